The van der Waals surface area contributed by atoms with E-state index in [1.807, 2.05) is 26.2 Å². The second-order valence-corrected chi connectivity index (χ2v) is 7.85. The Kier molecular flexibility index (Phi) is 4.86. The minimum atomic E-state index is -0.106. The van der Waals surface area contributed by atoms with Crippen molar-refractivity contribution in [3.05, 3.63) is 46.2 Å². The van der Waals surface area contributed by atoms with Crippen LogP contribution >= 0.6 is 23.1 Å². The van der Waals surface area contributed by atoms with Gasteiger partial charge in [0.15, 0.2) is 11.0 Å². The number of allylic oxidation sites excluding steroid dienone is 1. The zero-order valence-electron chi connectivity index (χ0n) is 13.7. The van der Waals surface area contributed by atoms with E-state index in [-0.39, 0.29) is 16.7 Å². The molecule has 1 unspecified atom stereocenters. The number of hydrogen-bond donors (Lipinski definition) is 0. The van der Waals surface area contributed by atoms with E-state index in [4.69, 9.17) is 4.52 Å². The van der Waals surface area contributed by atoms with Crippen LogP contribution in [-0.4, -0.2) is 19.7 Å². The first-order valence-corrected chi connectivity index (χ1v) is 9.36. The second kappa shape index (κ2) is 6.90. The predicted octanol–water partition coefficient (Wildman–Crippen LogP) is 4.00. The van der Waals surface area contributed by atoms with Crippen LogP contribution in [0.2, 0.25) is 0 Å². The maximum atomic E-state index is 12.6. The first-order chi connectivity index (χ1) is 11.5. The molecule has 3 rings (SSSR count). The molecule has 3 heterocycles. The first-order valence-electron chi connectivity index (χ1n) is 7.60. The summed E-state index contributed by atoms with van der Waals surface area (Å²) in [5.74, 6) is 1.43. The quantitative estimate of drug-likeness (QED) is 0.375. The van der Waals surface area contributed by atoms with Crippen molar-refractivity contribution >= 4 is 33.3 Å². The number of hydrogen-bond acceptors (Lipinski definition) is 7. The van der Waals surface area contributed by atoms with Crippen LogP contribution in [0.4, 0.5) is 0 Å². The molecule has 0 saturated heterocycles. The van der Waals surface area contributed by atoms with Gasteiger partial charge in [-0.25, -0.2) is 4.98 Å². The summed E-state index contributed by atoms with van der Waals surface area (Å²) >= 11 is 2.89. The van der Waals surface area contributed by atoms with Gasteiger partial charge in [0.1, 0.15) is 4.83 Å². The van der Waals surface area contributed by atoms with E-state index in [1.165, 1.54) is 23.1 Å². The van der Waals surface area contributed by atoms with Gasteiger partial charge in [-0.1, -0.05) is 36.8 Å². The van der Waals surface area contributed by atoms with Crippen LogP contribution in [0.1, 0.15) is 43.7 Å². The van der Waals surface area contributed by atoms with Crippen LogP contribution in [0, 0.1) is 0 Å². The molecule has 3 aromatic heterocycles. The van der Waals surface area contributed by atoms with Gasteiger partial charge in [0.2, 0.25) is 5.89 Å². The molecule has 0 aliphatic heterocycles. The van der Waals surface area contributed by atoms with Crippen molar-refractivity contribution < 1.29 is 4.52 Å². The van der Waals surface area contributed by atoms with Gasteiger partial charge < -0.3 is 4.52 Å². The first kappa shape index (κ1) is 16.9. The molecule has 24 heavy (non-hydrogen) atoms. The van der Waals surface area contributed by atoms with Crippen LogP contribution < -0.4 is 5.56 Å². The summed E-state index contributed by atoms with van der Waals surface area (Å²) in [7, 11) is 0. The van der Waals surface area contributed by atoms with E-state index < -0.39 is 0 Å². The van der Waals surface area contributed by atoms with Gasteiger partial charge in [-0.2, -0.15) is 4.98 Å². The van der Waals surface area contributed by atoms with E-state index in [0.717, 1.165) is 4.83 Å². The molecule has 0 aromatic carbocycles. The summed E-state index contributed by atoms with van der Waals surface area (Å²) in [6.45, 7) is 10.1. The Hall–Kier alpha value is -1.93. The highest BCUT2D eigenvalue weighted by Gasteiger charge is 2.20. The fourth-order valence-corrected chi connectivity index (χ4v) is 3.92. The monoisotopic (exact) mass is 362 g/mol. The summed E-state index contributed by atoms with van der Waals surface area (Å²) in [4.78, 5) is 22.4. The molecule has 1 atom stereocenters. The van der Waals surface area contributed by atoms with Crippen LogP contribution in [0.25, 0.3) is 10.2 Å². The molecule has 0 radical (unpaired) electrons. The van der Waals surface area contributed by atoms with Crippen molar-refractivity contribution in [2.75, 3.05) is 0 Å². The van der Waals surface area contributed by atoms with Crippen LogP contribution in [0.15, 0.2) is 38.6 Å². The Morgan fingerprint density at radius 2 is 2.21 bits per heavy atom. The highest BCUT2D eigenvalue weighted by molar-refractivity contribution is 7.99. The summed E-state index contributed by atoms with van der Waals surface area (Å²) in [6.07, 6.45) is 1.69. The van der Waals surface area contributed by atoms with Crippen LogP contribution in [0.3, 0.4) is 0 Å². The molecular weight excluding hydrogens is 344 g/mol. The third kappa shape index (κ3) is 3.16. The summed E-state index contributed by atoms with van der Waals surface area (Å²) in [5.41, 5.74) is -0.0516. The molecule has 126 valence electrons. The Morgan fingerprint density at radius 1 is 1.42 bits per heavy atom. The van der Waals surface area contributed by atoms with Gasteiger partial charge in [-0.3, -0.25) is 9.36 Å². The number of thiophene rings is 1. The zero-order valence-corrected chi connectivity index (χ0v) is 15.4. The predicted molar refractivity (Wildman–Crippen MR) is 96.7 cm³/mol. The molecule has 0 bridgehead atoms. The Morgan fingerprint density at radius 3 is 2.88 bits per heavy atom. The van der Waals surface area contributed by atoms with Crippen LogP contribution in [0.5, 0.6) is 0 Å². The zero-order chi connectivity index (χ0) is 17.3. The smallest absolute Gasteiger partial charge is 0.263 e. The SMILES string of the molecule is C=CCn1c(SC(C)c2nc(C(C)C)no2)nc2sccc2c1=O. The van der Waals surface area contributed by atoms with Gasteiger partial charge in [0, 0.05) is 12.5 Å². The maximum Gasteiger partial charge on any atom is 0.263 e. The van der Waals surface area contributed by atoms with E-state index in [9.17, 15) is 4.79 Å². The number of rotatable bonds is 6. The van der Waals surface area contributed by atoms with Gasteiger partial charge in [0.25, 0.3) is 5.56 Å². The molecule has 0 aliphatic carbocycles. The average molecular weight is 362 g/mol. The Bertz CT molecular complexity index is 926. The van der Waals surface area contributed by atoms with E-state index in [0.29, 0.717) is 28.8 Å². The normalized spacial score (nSPS) is 12.8. The highest BCUT2D eigenvalue weighted by Crippen LogP contribution is 2.34. The van der Waals surface area contributed by atoms with Crippen molar-refractivity contribution in [3.63, 3.8) is 0 Å². The molecule has 0 spiro atoms. The fourth-order valence-electron chi connectivity index (χ4n) is 2.17. The van der Waals surface area contributed by atoms with Crippen molar-refractivity contribution in [2.45, 2.75) is 43.6 Å². The molecule has 0 aliphatic rings. The van der Waals surface area contributed by atoms with E-state index in [1.54, 1.807) is 16.7 Å². The topological polar surface area (TPSA) is 73.8 Å². The van der Waals surface area contributed by atoms with Crippen molar-refractivity contribution in [1.82, 2.24) is 19.7 Å². The maximum absolute atomic E-state index is 12.6. The van der Waals surface area contributed by atoms with E-state index >= 15 is 0 Å². The lowest BCUT2D eigenvalue weighted by molar-refractivity contribution is 0.372. The minimum absolute atomic E-state index is 0.0516. The molecule has 0 N–H and O–H groups in total. The van der Waals surface area contributed by atoms with Gasteiger partial charge >= 0.3 is 0 Å². The third-order valence-electron chi connectivity index (χ3n) is 3.46. The average Bonchev–Trinajstić information content (AvgIpc) is 3.19. The molecular formula is C16H18N4O2S2. The minimum Gasteiger partial charge on any atom is -0.338 e. The lowest BCUT2D eigenvalue weighted by Crippen LogP contribution is -2.22. The van der Waals surface area contributed by atoms with Crippen molar-refractivity contribution in [1.29, 1.82) is 0 Å². The lowest BCUT2D eigenvalue weighted by atomic mass is 10.2. The number of aromatic nitrogens is 4. The summed E-state index contributed by atoms with van der Waals surface area (Å²) in [5, 5.41) is 7.03. The number of thioether (sulfide) groups is 1. The largest absolute Gasteiger partial charge is 0.338 e. The second-order valence-electron chi connectivity index (χ2n) is 5.64. The van der Waals surface area contributed by atoms with Crippen molar-refractivity contribution in [2.24, 2.45) is 0 Å². The van der Waals surface area contributed by atoms with Gasteiger partial charge in [0.05, 0.1) is 10.6 Å². The summed E-state index contributed by atoms with van der Waals surface area (Å²) in [6, 6.07) is 1.81. The lowest BCUT2D eigenvalue weighted by Gasteiger charge is -2.12. The standard InChI is InChI=1S/C16H18N4O2S2/c1-5-7-20-15(21)11-6-8-23-14(11)18-16(20)24-10(4)13-17-12(9(2)3)19-22-13/h5-6,8-10H,1,7H2,2-4H3. The van der Waals surface area contributed by atoms with Gasteiger partial charge in [-0.15, -0.1) is 17.9 Å². The van der Waals surface area contributed by atoms with E-state index in [2.05, 4.69) is 21.7 Å². The molecule has 8 heteroatoms. The molecule has 0 amide bonds. The molecule has 0 saturated carbocycles. The molecule has 3 aromatic rings. The van der Waals surface area contributed by atoms with Crippen LogP contribution in [-0.2, 0) is 6.54 Å². The molecule has 0 fully saturated rings. The Balaban J connectivity index is 1.97. The highest BCUT2D eigenvalue weighted by atomic mass is 32.2. The summed E-state index contributed by atoms with van der Waals surface area (Å²) < 4.78 is 6.98. The molecule has 6 nitrogen and oxygen atoms in total. The number of nitrogens with zero attached hydrogens (tertiary/aromatic N) is 4. The fraction of sp³-hybridized carbons (Fsp3) is 0.375. The van der Waals surface area contributed by atoms with Gasteiger partial charge in [-0.05, 0) is 18.4 Å². The van der Waals surface area contributed by atoms with Crippen molar-refractivity contribution in [3.8, 4) is 0 Å². The third-order valence-corrected chi connectivity index (χ3v) is 5.35. The Labute approximate surface area is 147 Å². The number of fused-ring (bicyclic) bond motifs is 1.